The highest BCUT2D eigenvalue weighted by molar-refractivity contribution is 5.14. The van der Waals surface area contributed by atoms with E-state index in [9.17, 15) is 0 Å². The Kier molecular flexibility index (Phi) is 5.54. The van der Waals surface area contributed by atoms with Crippen molar-refractivity contribution in [2.24, 2.45) is 5.41 Å². The monoisotopic (exact) mass is 219 g/mol. The van der Waals surface area contributed by atoms with Crippen LogP contribution in [0, 0.1) is 5.41 Å². The van der Waals surface area contributed by atoms with Crippen molar-refractivity contribution in [2.45, 2.75) is 39.5 Å². The van der Waals surface area contributed by atoms with Gasteiger partial charge < -0.3 is 5.32 Å². The zero-order chi connectivity index (χ0) is 11.9. The zero-order valence-corrected chi connectivity index (χ0v) is 10.9. The Balaban J connectivity index is 2.34. The molecule has 0 fully saturated rings. The van der Waals surface area contributed by atoms with Crippen LogP contribution in [0.3, 0.4) is 0 Å². The third-order valence-electron chi connectivity index (χ3n) is 3.55. The maximum Gasteiger partial charge on any atom is 0.000206 e. The second-order valence-corrected chi connectivity index (χ2v) is 5.03. The predicted octanol–water partition coefficient (Wildman–Crippen LogP) is 3.65. The Labute approximate surface area is 100 Å². The first-order valence-corrected chi connectivity index (χ1v) is 6.39. The molecule has 0 aliphatic heterocycles. The van der Waals surface area contributed by atoms with E-state index in [0.717, 1.165) is 6.54 Å². The van der Waals surface area contributed by atoms with Gasteiger partial charge in [-0.05, 0) is 43.7 Å². The zero-order valence-electron chi connectivity index (χ0n) is 10.9. The normalized spacial score (nSPS) is 14.7. The highest BCUT2D eigenvalue weighted by atomic mass is 14.8. The van der Waals surface area contributed by atoms with E-state index in [-0.39, 0.29) is 0 Å². The first kappa shape index (κ1) is 13.2. The lowest BCUT2D eigenvalue weighted by Crippen LogP contribution is -2.29. The molecule has 0 aliphatic carbocycles. The number of nitrogens with one attached hydrogen (secondary N) is 1. The second-order valence-electron chi connectivity index (χ2n) is 5.03. The summed E-state index contributed by atoms with van der Waals surface area (Å²) in [6, 6.07) is 10.8. The van der Waals surface area contributed by atoms with Crippen molar-refractivity contribution < 1.29 is 0 Å². The van der Waals surface area contributed by atoms with Crippen molar-refractivity contribution in [3.05, 3.63) is 35.9 Å². The number of hydrogen-bond acceptors (Lipinski definition) is 1. The highest BCUT2D eigenvalue weighted by Crippen LogP contribution is 2.27. The average Bonchev–Trinajstić information content (AvgIpc) is 2.31. The first-order chi connectivity index (χ1) is 7.70. The number of rotatable bonds is 7. The molecule has 0 saturated heterocycles. The van der Waals surface area contributed by atoms with Crippen molar-refractivity contribution in [3.63, 3.8) is 0 Å². The minimum Gasteiger partial charge on any atom is -0.319 e. The van der Waals surface area contributed by atoms with Crippen LogP contribution in [0.4, 0.5) is 0 Å². The van der Waals surface area contributed by atoms with Gasteiger partial charge in [-0.1, -0.05) is 44.2 Å². The van der Waals surface area contributed by atoms with Crippen molar-refractivity contribution in [3.8, 4) is 0 Å². The Hall–Kier alpha value is -0.820. The highest BCUT2D eigenvalue weighted by Gasteiger charge is 2.20. The quantitative estimate of drug-likeness (QED) is 0.738. The molecule has 1 aromatic carbocycles. The van der Waals surface area contributed by atoms with Crippen LogP contribution < -0.4 is 5.32 Å². The van der Waals surface area contributed by atoms with Gasteiger partial charge in [0, 0.05) is 6.54 Å². The van der Waals surface area contributed by atoms with Gasteiger partial charge in [-0.2, -0.15) is 0 Å². The molecular weight excluding hydrogens is 194 g/mol. The van der Waals surface area contributed by atoms with E-state index < -0.39 is 0 Å². The molecule has 0 amide bonds. The van der Waals surface area contributed by atoms with Gasteiger partial charge in [-0.25, -0.2) is 0 Å². The fraction of sp³-hybridized carbons (Fsp3) is 0.600. The Morgan fingerprint density at radius 2 is 1.88 bits per heavy atom. The summed E-state index contributed by atoms with van der Waals surface area (Å²) < 4.78 is 0. The molecule has 1 nitrogen and oxygen atoms in total. The van der Waals surface area contributed by atoms with Gasteiger partial charge in [0.25, 0.3) is 0 Å². The van der Waals surface area contributed by atoms with Gasteiger partial charge in [0.15, 0.2) is 0 Å². The van der Waals surface area contributed by atoms with Crippen LogP contribution >= 0.6 is 0 Å². The largest absolute Gasteiger partial charge is 0.319 e. The van der Waals surface area contributed by atoms with Gasteiger partial charge in [0.2, 0.25) is 0 Å². The van der Waals surface area contributed by atoms with Crippen LogP contribution in [0.2, 0.25) is 0 Å². The molecule has 1 unspecified atom stereocenters. The Morgan fingerprint density at radius 3 is 2.44 bits per heavy atom. The average molecular weight is 219 g/mol. The summed E-state index contributed by atoms with van der Waals surface area (Å²) in [5, 5.41) is 3.31. The van der Waals surface area contributed by atoms with E-state index >= 15 is 0 Å². The van der Waals surface area contributed by atoms with E-state index in [1.807, 2.05) is 7.05 Å². The summed E-state index contributed by atoms with van der Waals surface area (Å²) in [5.41, 5.74) is 1.93. The van der Waals surface area contributed by atoms with E-state index in [2.05, 4.69) is 49.5 Å². The summed E-state index contributed by atoms with van der Waals surface area (Å²) in [4.78, 5) is 0. The number of benzene rings is 1. The third kappa shape index (κ3) is 4.36. The topological polar surface area (TPSA) is 12.0 Å². The Bertz CT molecular complexity index is 281. The molecule has 0 aliphatic rings. The summed E-state index contributed by atoms with van der Waals surface area (Å²) in [7, 11) is 2.05. The van der Waals surface area contributed by atoms with Crippen LogP contribution in [-0.2, 0) is 6.42 Å². The maximum atomic E-state index is 3.31. The maximum absolute atomic E-state index is 3.31. The molecule has 1 N–H and O–H groups in total. The van der Waals surface area contributed by atoms with Gasteiger partial charge >= 0.3 is 0 Å². The molecule has 0 saturated carbocycles. The molecule has 0 bridgehead atoms. The Morgan fingerprint density at radius 1 is 1.19 bits per heavy atom. The molecule has 1 heteroatoms. The molecule has 90 valence electrons. The van der Waals surface area contributed by atoms with Crippen LogP contribution in [0.1, 0.15) is 38.7 Å². The van der Waals surface area contributed by atoms with Gasteiger partial charge in [0.05, 0.1) is 0 Å². The van der Waals surface area contributed by atoms with Crippen LogP contribution in [0.5, 0.6) is 0 Å². The summed E-state index contributed by atoms with van der Waals surface area (Å²) >= 11 is 0. The fourth-order valence-electron chi connectivity index (χ4n) is 2.18. The number of hydrogen-bond donors (Lipinski definition) is 1. The standard InChI is InChI=1S/C15H25N/c1-4-15(2,13-16-3)12-8-11-14-9-6-5-7-10-14/h5-7,9-10,16H,4,8,11-13H2,1-3H3. The lowest BCUT2D eigenvalue weighted by Gasteiger charge is -2.28. The third-order valence-corrected chi connectivity index (χ3v) is 3.55. The fourth-order valence-corrected chi connectivity index (χ4v) is 2.18. The van der Waals surface area contributed by atoms with Crippen molar-refractivity contribution >= 4 is 0 Å². The molecule has 16 heavy (non-hydrogen) atoms. The molecule has 0 radical (unpaired) electrons. The predicted molar refractivity (Wildman–Crippen MR) is 71.7 cm³/mol. The summed E-state index contributed by atoms with van der Waals surface area (Å²) in [5.74, 6) is 0. The molecule has 0 aromatic heterocycles. The van der Waals surface area contributed by atoms with Crippen LogP contribution in [-0.4, -0.2) is 13.6 Å². The minimum atomic E-state index is 0.462. The molecule has 1 rings (SSSR count). The number of aryl methyl sites for hydroxylation is 1. The summed E-state index contributed by atoms with van der Waals surface area (Å²) in [6.07, 6.45) is 5.05. The van der Waals surface area contributed by atoms with E-state index in [1.54, 1.807) is 0 Å². The minimum absolute atomic E-state index is 0.462. The lowest BCUT2D eigenvalue weighted by atomic mass is 9.82. The molecule has 0 heterocycles. The van der Waals surface area contributed by atoms with Crippen molar-refractivity contribution in [2.75, 3.05) is 13.6 Å². The molecule has 1 aromatic rings. The first-order valence-electron chi connectivity index (χ1n) is 6.39. The van der Waals surface area contributed by atoms with Crippen molar-refractivity contribution in [1.82, 2.24) is 5.32 Å². The molecule has 1 atom stereocenters. The van der Waals surface area contributed by atoms with Gasteiger partial charge in [-0.3, -0.25) is 0 Å². The second kappa shape index (κ2) is 6.70. The SMILES string of the molecule is CCC(C)(CCCc1ccccc1)CNC. The van der Waals surface area contributed by atoms with E-state index in [0.29, 0.717) is 5.41 Å². The van der Waals surface area contributed by atoms with Crippen LogP contribution in [0.25, 0.3) is 0 Å². The molecule has 0 spiro atoms. The van der Waals surface area contributed by atoms with Gasteiger partial charge in [-0.15, -0.1) is 0 Å². The molecular formula is C15H25N. The van der Waals surface area contributed by atoms with E-state index in [1.165, 1.54) is 31.2 Å². The smallest absolute Gasteiger partial charge is 0.000206 e. The van der Waals surface area contributed by atoms with Crippen molar-refractivity contribution in [1.29, 1.82) is 0 Å². The lowest BCUT2D eigenvalue weighted by molar-refractivity contribution is 0.270. The summed E-state index contributed by atoms with van der Waals surface area (Å²) in [6.45, 7) is 5.80. The van der Waals surface area contributed by atoms with Gasteiger partial charge in [0.1, 0.15) is 0 Å². The van der Waals surface area contributed by atoms with Crippen LogP contribution in [0.15, 0.2) is 30.3 Å². The van der Waals surface area contributed by atoms with E-state index in [4.69, 9.17) is 0 Å².